The zero-order chi connectivity index (χ0) is 13.8. The van der Waals surface area contributed by atoms with Crippen LogP contribution in [0.5, 0.6) is 0 Å². The molecule has 5 heteroatoms. The van der Waals surface area contributed by atoms with Crippen LogP contribution in [0, 0.1) is 28.4 Å². The summed E-state index contributed by atoms with van der Waals surface area (Å²) < 4.78 is 30.6. The quantitative estimate of drug-likeness (QED) is 0.775. The topological polar surface area (TPSA) is 50.1 Å². The Balaban J connectivity index is 2.95. The van der Waals surface area contributed by atoms with Gasteiger partial charge in [-0.1, -0.05) is 6.07 Å². The van der Waals surface area contributed by atoms with Crippen molar-refractivity contribution in [3.63, 3.8) is 0 Å². The number of hydrogen-bond donors (Lipinski definition) is 0. The van der Waals surface area contributed by atoms with Gasteiger partial charge < -0.3 is 4.74 Å². The van der Waals surface area contributed by atoms with Crippen LogP contribution in [-0.4, -0.2) is 12.6 Å². The number of halogens is 2. The van der Waals surface area contributed by atoms with Gasteiger partial charge in [-0.3, -0.25) is 4.79 Å². The van der Waals surface area contributed by atoms with E-state index in [0.29, 0.717) is 5.56 Å². The number of benzene rings is 1. The smallest absolute Gasteiger partial charge is 0.326 e. The number of carbonyl (C=O) groups excluding carboxylic acids is 1. The highest BCUT2D eigenvalue weighted by molar-refractivity contribution is 5.79. The molecule has 0 aliphatic carbocycles. The summed E-state index contributed by atoms with van der Waals surface area (Å²) in [6, 6.07) is 5.14. The summed E-state index contributed by atoms with van der Waals surface area (Å²) in [6.07, 6.45) is -0.0282. The maximum Gasteiger partial charge on any atom is 0.326 e. The van der Waals surface area contributed by atoms with Crippen molar-refractivity contribution < 1.29 is 18.3 Å². The summed E-state index contributed by atoms with van der Waals surface area (Å²) in [5.41, 5.74) is -1.04. The van der Waals surface area contributed by atoms with Crippen LogP contribution in [0.4, 0.5) is 8.78 Å². The van der Waals surface area contributed by atoms with Crippen LogP contribution in [0.1, 0.15) is 19.4 Å². The van der Waals surface area contributed by atoms with Crippen molar-refractivity contribution in [3.05, 3.63) is 35.4 Å². The maximum atomic E-state index is 13.0. The van der Waals surface area contributed by atoms with E-state index in [-0.39, 0.29) is 13.0 Å². The molecule has 18 heavy (non-hydrogen) atoms. The van der Waals surface area contributed by atoms with E-state index in [9.17, 15) is 13.6 Å². The summed E-state index contributed by atoms with van der Waals surface area (Å²) in [7, 11) is 0. The minimum absolute atomic E-state index is 0.0282. The first-order chi connectivity index (χ1) is 8.42. The van der Waals surface area contributed by atoms with Crippen molar-refractivity contribution in [2.75, 3.05) is 6.61 Å². The molecular weight excluding hydrogens is 240 g/mol. The van der Waals surface area contributed by atoms with E-state index in [2.05, 4.69) is 0 Å². The molecule has 0 aromatic heterocycles. The van der Waals surface area contributed by atoms with Crippen LogP contribution in [0.3, 0.4) is 0 Å². The lowest BCUT2D eigenvalue weighted by atomic mass is 9.85. The van der Waals surface area contributed by atoms with E-state index in [1.165, 1.54) is 13.0 Å². The van der Waals surface area contributed by atoms with Crippen molar-refractivity contribution in [2.24, 2.45) is 5.41 Å². The molecule has 0 bridgehead atoms. The number of rotatable bonds is 4. The molecule has 1 atom stereocenters. The summed E-state index contributed by atoms with van der Waals surface area (Å²) in [5.74, 6) is -2.64. The Morgan fingerprint density at radius 1 is 1.44 bits per heavy atom. The predicted molar refractivity (Wildman–Crippen MR) is 60.4 cm³/mol. The molecular formula is C13H13F2NO2. The van der Waals surface area contributed by atoms with Crippen molar-refractivity contribution in [1.82, 2.24) is 0 Å². The monoisotopic (exact) mass is 253 g/mol. The third-order valence-electron chi connectivity index (χ3n) is 2.51. The van der Waals surface area contributed by atoms with Gasteiger partial charge in [0.25, 0.3) is 0 Å². The second kappa shape index (κ2) is 5.58. The molecule has 3 nitrogen and oxygen atoms in total. The maximum absolute atomic E-state index is 13.0. The van der Waals surface area contributed by atoms with E-state index in [0.717, 1.165) is 12.1 Å². The number of carbonyl (C=O) groups is 1. The SMILES string of the molecule is CCOC(=O)C(C)(C#N)Cc1ccc(F)c(F)c1. The van der Waals surface area contributed by atoms with Crippen molar-refractivity contribution in [1.29, 1.82) is 5.26 Å². The molecule has 0 saturated carbocycles. The number of hydrogen-bond acceptors (Lipinski definition) is 3. The van der Waals surface area contributed by atoms with Crippen molar-refractivity contribution in [3.8, 4) is 6.07 Å². The zero-order valence-electron chi connectivity index (χ0n) is 10.2. The molecule has 0 saturated heterocycles. The Hall–Kier alpha value is -1.96. The van der Waals surface area contributed by atoms with Gasteiger partial charge in [0, 0.05) is 6.42 Å². The minimum Gasteiger partial charge on any atom is -0.465 e. The minimum atomic E-state index is -1.40. The average molecular weight is 253 g/mol. The Labute approximate surface area is 104 Å². The third kappa shape index (κ3) is 3.04. The largest absolute Gasteiger partial charge is 0.465 e. The lowest BCUT2D eigenvalue weighted by molar-refractivity contribution is -0.151. The molecule has 1 rings (SSSR count). The first-order valence-electron chi connectivity index (χ1n) is 5.45. The van der Waals surface area contributed by atoms with Gasteiger partial charge in [0.1, 0.15) is 0 Å². The Morgan fingerprint density at radius 2 is 2.11 bits per heavy atom. The van der Waals surface area contributed by atoms with Gasteiger partial charge in [-0.15, -0.1) is 0 Å². The van der Waals surface area contributed by atoms with E-state index >= 15 is 0 Å². The lowest BCUT2D eigenvalue weighted by Crippen LogP contribution is -2.30. The molecule has 0 aliphatic heterocycles. The molecule has 0 radical (unpaired) electrons. The zero-order valence-corrected chi connectivity index (χ0v) is 10.2. The molecule has 1 aromatic rings. The fourth-order valence-corrected chi connectivity index (χ4v) is 1.51. The summed E-state index contributed by atoms with van der Waals surface area (Å²) in [5, 5.41) is 9.05. The number of ether oxygens (including phenoxy) is 1. The second-order valence-electron chi connectivity index (χ2n) is 4.09. The van der Waals surface area contributed by atoms with Gasteiger partial charge in [-0.25, -0.2) is 8.78 Å². The van der Waals surface area contributed by atoms with Crippen molar-refractivity contribution in [2.45, 2.75) is 20.3 Å². The van der Waals surface area contributed by atoms with Gasteiger partial charge in [-0.05, 0) is 31.5 Å². The lowest BCUT2D eigenvalue weighted by Gasteiger charge is -2.19. The van der Waals surface area contributed by atoms with Crippen molar-refractivity contribution >= 4 is 5.97 Å². The van der Waals surface area contributed by atoms with E-state index in [4.69, 9.17) is 10.00 Å². The number of nitrogens with zero attached hydrogens (tertiary/aromatic N) is 1. The molecule has 0 heterocycles. The second-order valence-corrected chi connectivity index (χ2v) is 4.09. The molecule has 0 aliphatic rings. The fourth-order valence-electron chi connectivity index (χ4n) is 1.51. The molecule has 1 unspecified atom stereocenters. The van der Waals surface area contributed by atoms with Gasteiger partial charge in [-0.2, -0.15) is 5.26 Å². The van der Waals surface area contributed by atoms with Gasteiger partial charge in [0.2, 0.25) is 0 Å². The highest BCUT2D eigenvalue weighted by Gasteiger charge is 2.35. The molecule has 0 amide bonds. The van der Waals surface area contributed by atoms with E-state index in [1.807, 2.05) is 6.07 Å². The summed E-state index contributed by atoms with van der Waals surface area (Å²) in [6.45, 7) is 3.20. The van der Waals surface area contributed by atoms with Crippen LogP contribution < -0.4 is 0 Å². The van der Waals surface area contributed by atoms with Crippen LogP contribution in [0.2, 0.25) is 0 Å². The fraction of sp³-hybridized carbons (Fsp3) is 0.385. The van der Waals surface area contributed by atoms with Crippen LogP contribution in [-0.2, 0) is 16.0 Å². The Kier molecular flexibility index (Phi) is 4.38. The molecule has 1 aromatic carbocycles. The van der Waals surface area contributed by atoms with Gasteiger partial charge >= 0.3 is 5.97 Å². The van der Waals surface area contributed by atoms with E-state index in [1.54, 1.807) is 6.92 Å². The van der Waals surface area contributed by atoms with Crippen LogP contribution >= 0.6 is 0 Å². The predicted octanol–water partition coefficient (Wildman–Crippen LogP) is 2.60. The van der Waals surface area contributed by atoms with Crippen LogP contribution in [0.15, 0.2) is 18.2 Å². The summed E-state index contributed by atoms with van der Waals surface area (Å²) >= 11 is 0. The van der Waals surface area contributed by atoms with Gasteiger partial charge in [0.05, 0.1) is 12.7 Å². The highest BCUT2D eigenvalue weighted by atomic mass is 19.2. The Morgan fingerprint density at radius 3 is 2.61 bits per heavy atom. The molecule has 0 N–H and O–H groups in total. The molecule has 0 fully saturated rings. The normalized spacial score (nSPS) is 13.5. The third-order valence-corrected chi connectivity index (χ3v) is 2.51. The highest BCUT2D eigenvalue weighted by Crippen LogP contribution is 2.24. The first kappa shape index (κ1) is 14.1. The number of nitriles is 1. The summed E-state index contributed by atoms with van der Waals surface area (Å²) in [4.78, 5) is 11.6. The van der Waals surface area contributed by atoms with Gasteiger partial charge in [0.15, 0.2) is 17.0 Å². The first-order valence-corrected chi connectivity index (χ1v) is 5.45. The number of esters is 1. The average Bonchev–Trinajstić information content (AvgIpc) is 2.34. The van der Waals surface area contributed by atoms with Crippen LogP contribution in [0.25, 0.3) is 0 Å². The molecule has 96 valence electrons. The standard InChI is InChI=1S/C13H13F2NO2/c1-3-18-12(17)13(2,8-16)7-9-4-5-10(14)11(15)6-9/h4-6H,3,7H2,1-2H3. The molecule has 0 spiro atoms. The van der Waals surface area contributed by atoms with E-state index < -0.39 is 23.0 Å². The Bertz CT molecular complexity index is 496.